The number of nitrogens with one attached hydrogen (secondary N) is 2. The second-order valence-corrected chi connectivity index (χ2v) is 8.02. The largest absolute Gasteiger partial charge is 0.381 e. The highest BCUT2D eigenvalue weighted by molar-refractivity contribution is 6.33. The van der Waals surface area contributed by atoms with Crippen molar-refractivity contribution in [1.29, 1.82) is 0 Å². The lowest BCUT2D eigenvalue weighted by Crippen LogP contribution is -2.21. The standard InChI is InChI=1S/C25H28N6O2/c1-18-4-5-21(16-27-18)22-6-7-23(25(31-22)29-15-20-3-2-10-26-13-20)30-24(17-32)28-14-19-8-11-33-12-9-19/h2-7,10,13,16-17,19H,8-9,11-12,14-15H2,1H3,(H,28,30)(H,29,31). The predicted molar refractivity (Wildman–Crippen MR) is 129 cm³/mol. The molecule has 0 amide bonds. The molecule has 0 aromatic carbocycles. The SMILES string of the molecule is Cc1ccc(-c2ccc(NC(C=O)=NCC3CCOCC3)c(NCc3cccnc3)n2)cn1. The Balaban J connectivity index is 1.56. The normalized spacial score (nSPS) is 14.6. The van der Waals surface area contributed by atoms with Gasteiger partial charge in [-0.15, -0.1) is 0 Å². The Hall–Kier alpha value is -3.65. The summed E-state index contributed by atoms with van der Waals surface area (Å²) < 4.78 is 5.40. The summed E-state index contributed by atoms with van der Waals surface area (Å²) in [5, 5.41) is 6.52. The van der Waals surface area contributed by atoms with Crippen molar-refractivity contribution in [3.63, 3.8) is 0 Å². The zero-order valence-corrected chi connectivity index (χ0v) is 18.7. The Kier molecular flexibility index (Phi) is 7.71. The molecule has 1 aliphatic heterocycles. The third-order valence-corrected chi connectivity index (χ3v) is 5.52. The summed E-state index contributed by atoms with van der Waals surface area (Å²) >= 11 is 0. The lowest BCUT2D eigenvalue weighted by Gasteiger charge is -2.20. The summed E-state index contributed by atoms with van der Waals surface area (Å²) in [5.74, 6) is 1.35. The highest BCUT2D eigenvalue weighted by atomic mass is 16.5. The van der Waals surface area contributed by atoms with Crippen LogP contribution in [0.5, 0.6) is 0 Å². The third kappa shape index (κ3) is 6.43. The summed E-state index contributed by atoms with van der Waals surface area (Å²) in [7, 11) is 0. The summed E-state index contributed by atoms with van der Waals surface area (Å²) in [6, 6.07) is 11.7. The van der Waals surface area contributed by atoms with Gasteiger partial charge in [0.1, 0.15) is 0 Å². The van der Waals surface area contributed by atoms with Gasteiger partial charge in [0.25, 0.3) is 0 Å². The van der Waals surface area contributed by atoms with Crippen molar-refractivity contribution in [3.05, 3.63) is 66.2 Å². The highest BCUT2D eigenvalue weighted by Gasteiger charge is 2.14. The molecular formula is C25H28N6O2. The van der Waals surface area contributed by atoms with Crippen LogP contribution in [0.3, 0.4) is 0 Å². The van der Waals surface area contributed by atoms with Crippen molar-refractivity contribution in [3.8, 4) is 11.3 Å². The van der Waals surface area contributed by atoms with Gasteiger partial charge in [-0.05, 0) is 61.6 Å². The van der Waals surface area contributed by atoms with Crippen LogP contribution >= 0.6 is 0 Å². The van der Waals surface area contributed by atoms with Gasteiger partial charge in [-0.2, -0.15) is 0 Å². The van der Waals surface area contributed by atoms with Crippen LogP contribution in [0.25, 0.3) is 11.3 Å². The van der Waals surface area contributed by atoms with E-state index >= 15 is 0 Å². The molecule has 4 heterocycles. The summed E-state index contributed by atoms with van der Waals surface area (Å²) in [4.78, 5) is 29.6. The molecule has 1 aliphatic rings. The lowest BCUT2D eigenvalue weighted by molar-refractivity contribution is -0.102. The number of hydrogen-bond acceptors (Lipinski definition) is 7. The smallest absolute Gasteiger partial charge is 0.185 e. The van der Waals surface area contributed by atoms with Gasteiger partial charge in [-0.1, -0.05) is 6.07 Å². The molecular weight excluding hydrogens is 416 g/mol. The van der Waals surface area contributed by atoms with Gasteiger partial charge in [-0.25, -0.2) is 4.98 Å². The summed E-state index contributed by atoms with van der Waals surface area (Å²) in [5.41, 5.74) is 4.36. The van der Waals surface area contributed by atoms with Crippen molar-refractivity contribution in [2.24, 2.45) is 10.9 Å². The van der Waals surface area contributed by atoms with Gasteiger partial charge < -0.3 is 15.4 Å². The maximum absolute atomic E-state index is 11.7. The van der Waals surface area contributed by atoms with E-state index in [0.717, 1.165) is 54.9 Å². The fourth-order valence-corrected chi connectivity index (χ4v) is 3.56. The van der Waals surface area contributed by atoms with Crippen molar-refractivity contribution >= 4 is 23.6 Å². The summed E-state index contributed by atoms with van der Waals surface area (Å²) in [6.07, 6.45) is 8.04. The minimum absolute atomic E-state index is 0.289. The minimum Gasteiger partial charge on any atom is -0.381 e. The first-order valence-electron chi connectivity index (χ1n) is 11.1. The Morgan fingerprint density at radius 2 is 2.06 bits per heavy atom. The topological polar surface area (TPSA) is 101 Å². The number of aldehydes is 1. The number of anilines is 2. The molecule has 3 aromatic rings. The zero-order chi connectivity index (χ0) is 22.9. The molecule has 8 nitrogen and oxygen atoms in total. The number of aliphatic imine (C=N–C) groups is 1. The van der Waals surface area contributed by atoms with E-state index in [1.807, 2.05) is 49.5 Å². The number of carbonyl (C=O) groups excluding carboxylic acids is 1. The molecule has 0 aliphatic carbocycles. The maximum atomic E-state index is 11.7. The molecule has 170 valence electrons. The number of rotatable bonds is 8. The van der Waals surface area contributed by atoms with E-state index < -0.39 is 0 Å². The Labute approximate surface area is 193 Å². The monoisotopic (exact) mass is 444 g/mol. The van der Waals surface area contributed by atoms with Gasteiger partial charge in [0.05, 0.1) is 11.4 Å². The quantitative estimate of drug-likeness (QED) is 0.309. The molecule has 0 radical (unpaired) electrons. The number of aromatic nitrogens is 3. The molecule has 0 bridgehead atoms. The number of nitrogens with zero attached hydrogens (tertiary/aromatic N) is 4. The third-order valence-electron chi connectivity index (χ3n) is 5.52. The average Bonchev–Trinajstić information content (AvgIpc) is 2.87. The molecule has 0 unspecified atom stereocenters. The summed E-state index contributed by atoms with van der Waals surface area (Å²) in [6.45, 7) is 4.60. The lowest BCUT2D eigenvalue weighted by atomic mass is 10.0. The maximum Gasteiger partial charge on any atom is 0.185 e. The number of amidine groups is 1. The highest BCUT2D eigenvalue weighted by Crippen LogP contribution is 2.26. The fraction of sp³-hybridized carbons (Fsp3) is 0.320. The van der Waals surface area contributed by atoms with Crippen LogP contribution in [0.2, 0.25) is 0 Å². The molecule has 3 aromatic heterocycles. The predicted octanol–water partition coefficient (Wildman–Crippen LogP) is 3.90. The molecule has 2 N–H and O–H groups in total. The van der Waals surface area contributed by atoms with Gasteiger partial charge in [0.15, 0.2) is 17.9 Å². The van der Waals surface area contributed by atoms with E-state index in [4.69, 9.17) is 9.72 Å². The van der Waals surface area contributed by atoms with Crippen LogP contribution in [0.15, 0.2) is 60.0 Å². The van der Waals surface area contributed by atoms with E-state index in [1.54, 1.807) is 12.4 Å². The van der Waals surface area contributed by atoms with Crippen molar-refractivity contribution in [2.75, 3.05) is 30.4 Å². The number of carbonyl (C=O) groups is 1. The van der Waals surface area contributed by atoms with E-state index in [-0.39, 0.29) is 5.84 Å². The molecule has 1 fully saturated rings. The minimum atomic E-state index is 0.289. The number of pyridine rings is 3. The van der Waals surface area contributed by atoms with Crippen molar-refractivity contribution in [1.82, 2.24) is 15.0 Å². The first-order chi connectivity index (χ1) is 16.2. The Morgan fingerprint density at radius 3 is 2.79 bits per heavy atom. The van der Waals surface area contributed by atoms with Crippen molar-refractivity contribution in [2.45, 2.75) is 26.3 Å². The van der Waals surface area contributed by atoms with E-state index in [1.165, 1.54) is 0 Å². The van der Waals surface area contributed by atoms with Crippen molar-refractivity contribution < 1.29 is 9.53 Å². The van der Waals surface area contributed by atoms with Crippen LogP contribution in [-0.4, -0.2) is 46.8 Å². The Morgan fingerprint density at radius 1 is 1.18 bits per heavy atom. The van der Waals surface area contributed by atoms with Crippen LogP contribution in [-0.2, 0) is 16.1 Å². The van der Waals surface area contributed by atoms with Gasteiger partial charge in [-0.3, -0.25) is 19.8 Å². The molecule has 33 heavy (non-hydrogen) atoms. The molecule has 0 saturated carbocycles. The van der Waals surface area contributed by atoms with Gasteiger partial charge in [0, 0.05) is 56.2 Å². The van der Waals surface area contributed by atoms with E-state index in [2.05, 4.69) is 25.6 Å². The molecule has 0 atom stereocenters. The average molecular weight is 445 g/mol. The van der Waals surface area contributed by atoms with Gasteiger partial charge >= 0.3 is 0 Å². The van der Waals surface area contributed by atoms with Crippen LogP contribution in [0.4, 0.5) is 11.5 Å². The first kappa shape index (κ1) is 22.5. The second kappa shape index (κ2) is 11.3. The molecule has 0 spiro atoms. The fourth-order valence-electron chi connectivity index (χ4n) is 3.56. The second-order valence-electron chi connectivity index (χ2n) is 8.02. The van der Waals surface area contributed by atoms with Crippen LogP contribution < -0.4 is 10.6 Å². The van der Waals surface area contributed by atoms with E-state index in [0.29, 0.717) is 30.5 Å². The molecule has 4 rings (SSSR count). The Bertz CT molecular complexity index is 1080. The van der Waals surface area contributed by atoms with E-state index in [9.17, 15) is 4.79 Å². The molecule has 8 heteroatoms. The van der Waals surface area contributed by atoms with Gasteiger partial charge in [0.2, 0.25) is 0 Å². The van der Waals surface area contributed by atoms with Crippen LogP contribution in [0, 0.1) is 12.8 Å². The zero-order valence-electron chi connectivity index (χ0n) is 18.7. The number of ether oxygens (including phenoxy) is 1. The number of aryl methyl sites for hydroxylation is 1. The molecule has 1 saturated heterocycles. The first-order valence-corrected chi connectivity index (χ1v) is 11.1. The van der Waals surface area contributed by atoms with Crippen LogP contribution in [0.1, 0.15) is 24.1 Å². The number of hydrogen-bond donors (Lipinski definition) is 2.